The second kappa shape index (κ2) is 12.1. The number of ether oxygens (including phenoxy) is 2. The number of hydrogen-bond donors (Lipinski definition) is 1. The van der Waals surface area contributed by atoms with Crippen molar-refractivity contribution in [3.05, 3.63) is 64.0 Å². The highest BCUT2D eigenvalue weighted by Gasteiger charge is 2.46. The molecule has 2 bridgehead atoms. The number of aryl methyl sites for hydroxylation is 2. The maximum Gasteiger partial charge on any atom is 0.307 e. The average Bonchev–Trinajstić information content (AvgIpc) is 3.72. The van der Waals surface area contributed by atoms with Gasteiger partial charge in [-0.05, 0) is 86.8 Å². The Bertz CT molecular complexity index is 1450. The predicted octanol–water partition coefficient (Wildman–Crippen LogP) is 5.80. The zero-order chi connectivity index (χ0) is 29.4. The summed E-state index contributed by atoms with van der Waals surface area (Å²) in [5, 5.41) is 12.7. The Morgan fingerprint density at radius 1 is 1.12 bits per heavy atom. The maximum atomic E-state index is 13.0. The lowest BCUT2D eigenvalue weighted by molar-refractivity contribution is -0.144. The third kappa shape index (κ3) is 5.90. The van der Waals surface area contributed by atoms with Gasteiger partial charge in [0.25, 0.3) is 5.91 Å². The molecule has 3 aliphatic rings. The minimum Gasteiger partial charge on any atom is -0.488 e. The standard InChI is InChI=1S/C33H39N3O5S/c1-20-6-11-29(41-18-25-10-7-22(14-21(25)2)31(37)35(3)17-26-5-4-12-40-26)27(13-20)28-19-42-33(34-28)36-15-23-8-9-24(16-36)30(23)32(38)39/h6-7,10-11,13-14,19,23-24,26,30H,4-5,8-9,12,15-18H2,1-3H3,(H,38,39)/t23-,24?,26?,30+/m1/s1. The molecule has 1 aliphatic carbocycles. The van der Waals surface area contributed by atoms with Crippen molar-refractivity contribution in [2.75, 3.05) is 38.2 Å². The lowest BCUT2D eigenvalue weighted by atomic mass is 9.85. The molecule has 1 saturated carbocycles. The monoisotopic (exact) mass is 589 g/mol. The third-order valence-corrected chi connectivity index (χ3v) is 10.0. The molecule has 222 valence electrons. The van der Waals surface area contributed by atoms with E-state index in [2.05, 4.69) is 23.3 Å². The number of aromatic nitrogens is 1. The second-order valence-electron chi connectivity index (χ2n) is 12.1. The number of fused-ring (bicyclic) bond motifs is 2. The maximum absolute atomic E-state index is 13.0. The van der Waals surface area contributed by atoms with Gasteiger partial charge >= 0.3 is 5.97 Å². The molecule has 3 fully saturated rings. The number of likely N-dealkylation sites (N-methyl/N-ethyl adjacent to an activating group) is 1. The highest BCUT2D eigenvalue weighted by Crippen LogP contribution is 2.44. The van der Waals surface area contributed by atoms with E-state index in [1.165, 1.54) is 0 Å². The molecule has 1 N–H and O–H groups in total. The van der Waals surface area contributed by atoms with E-state index < -0.39 is 5.97 Å². The minimum absolute atomic E-state index is 0.00131. The van der Waals surface area contributed by atoms with Crippen molar-refractivity contribution < 1.29 is 24.2 Å². The minimum atomic E-state index is -0.651. The normalized spacial score (nSPS) is 23.3. The second-order valence-corrected chi connectivity index (χ2v) is 13.0. The summed E-state index contributed by atoms with van der Waals surface area (Å²) in [6.07, 6.45) is 4.15. The smallest absolute Gasteiger partial charge is 0.307 e. The van der Waals surface area contributed by atoms with Crippen LogP contribution in [0.4, 0.5) is 5.13 Å². The number of rotatable bonds is 9. The SMILES string of the molecule is Cc1ccc(OCc2ccc(C(=O)N(C)CC3CCCO3)cc2C)c(-c2csc(N3CC4CC[C@H](C3)[C@@H]4C(=O)O)n2)c1. The number of anilines is 1. The number of piperidine rings is 1. The molecule has 6 rings (SSSR count). The van der Waals surface area contributed by atoms with E-state index in [1.807, 2.05) is 44.3 Å². The zero-order valence-corrected chi connectivity index (χ0v) is 25.4. The van der Waals surface area contributed by atoms with Crippen LogP contribution in [0, 0.1) is 31.6 Å². The van der Waals surface area contributed by atoms with Crippen LogP contribution in [0.15, 0.2) is 41.8 Å². The molecular formula is C33H39N3O5S. The van der Waals surface area contributed by atoms with E-state index in [0.29, 0.717) is 18.7 Å². The van der Waals surface area contributed by atoms with Crippen LogP contribution in [0.5, 0.6) is 5.75 Å². The number of amides is 1. The molecule has 4 atom stereocenters. The molecule has 2 aromatic carbocycles. The number of carboxylic acid groups (broad SMARTS) is 1. The van der Waals surface area contributed by atoms with Crippen molar-refractivity contribution in [2.45, 2.75) is 52.2 Å². The number of carbonyl (C=O) groups is 2. The number of hydrogen-bond acceptors (Lipinski definition) is 7. The van der Waals surface area contributed by atoms with E-state index in [1.54, 1.807) is 16.2 Å². The highest BCUT2D eigenvalue weighted by molar-refractivity contribution is 7.14. The molecular weight excluding hydrogens is 550 g/mol. The Hall–Kier alpha value is -3.43. The molecule has 1 aromatic heterocycles. The van der Waals surface area contributed by atoms with Gasteiger partial charge in [0.15, 0.2) is 5.13 Å². The third-order valence-electron chi connectivity index (χ3n) is 9.11. The molecule has 9 heteroatoms. The Morgan fingerprint density at radius 2 is 1.90 bits per heavy atom. The lowest BCUT2D eigenvalue weighted by Crippen LogP contribution is -2.44. The first-order chi connectivity index (χ1) is 20.3. The van der Waals surface area contributed by atoms with Crippen LogP contribution in [-0.4, -0.2) is 66.3 Å². The van der Waals surface area contributed by atoms with Gasteiger partial charge in [0.1, 0.15) is 12.4 Å². The van der Waals surface area contributed by atoms with Crippen molar-refractivity contribution >= 4 is 28.3 Å². The molecule has 42 heavy (non-hydrogen) atoms. The first kappa shape index (κ1) is 28.7. The van der Waals surface area contributed by atoms with Gasteiger partial charge in [0.2, 0.25) is 0 Å². The number of benzene rings is 2. The van der Waals surface area contributed by atoms with Crippen molar-refractivity contribution in [2.24, 2.45) is 17.8 Å². The van der Waals surface area contributed by atoms with Crippen LogP contribution >= 0.6 is 11.3 Å². The number of carbonyl (C=O) groups excluding carboxylic acids is 1. The van der Waals surface area contributed by atoms with Crippen LogP contribution in [-0.2, 0) is 16.1 Å². The fourth-order valence-corrected chi connectivity index (χ4v) is 7.67. The quantitative estimate of drug-likeness (QED) is 0.337. The van der Waals surface area contributed by atoms with Gasteiger partial charge in [0.05, 0.1) is 17.7 Å². The molecule has 2 aliphatic heterocycles. The molecule has 2 saturated heterocycles. The predicted molar refractivity (Wildman–Crippen MR) is 163 cm³/mol. The van der Waals surface area contributed by atoms with Gasteiger partial charge in [-0.25, -0.2) is 4.98 Å². The van der Waals surface area contributed by atoms with Crippen LogP contribution in [0.3, 0.4) is 0 Å². The summed E-state index contributed by atoms with van der Waals surface area (Å²) in [7, 11) is 1.83. The van der Waals surface area contributed by atoms with E-state index in [-0.39, 0.29) is 29.8 Å². The summed E-state index contributed by atoms with van der Waals surface area (Å²) in [5.41, 5.74) is 5.64. The highest BCUT2D eigenvalue weighted by atomic mass is 32.1. The van der Waals surface area contributed by atoms with E-state index in [0.717, 1.165) is 84.2 Å². The Labute approximate surface area is 251 Å². The zero-order valence-electron chi connectivity index (χ0n) is 24.5. The Kier molecular flexibility index (Phi) is 8.23. The van der Waals surface area contributed by atoms with Crippen molar-refractivity contribution in [1.82, 2.24) is 9.88 Å². The van der Waals surface area contributed by atoms with Gasteiger partial charge < -0.3 is 24.4 Å². The van der Waals surface area contributed by atoms with Crippen LogP contribution < -0.4 is 9.64 Å². The van der Waals surface area contributed by atoms with Gasteiger partial charge in [-0.15, -0.1) is 11.3 Å². The molecule has 0 radical (unpaired) electrons. The largest absolute Gasteiger partial charge is 0.488 e. The first-order valence-electron chi connectivity index (χ1n) is 14.9. The fraction of sp³-hybridized carbons (Fsp3) is 0.485. The van der Waals surface area contributed by atoms with Crippen LogP contribution in [0.25, 0.3) is 11.3 Å². The lowest BCUT2D eigenvalue weighted by Gasteiger charge is -2.35. The van der Waals surface area contributed by atoms with Gasteiger partial charge in [-0.2, -0.15) is 0 Å². The van der Waals surface area contributed by atoms with E-state index >= 15 is 0 Å². The van der Waals surface area contributed by atoms with Crippen LogP contribution in [0.1, 0.15) is 52.7 Å². The van der Waals surface area contributed by atoms with Gasteiger partial charge in [-0.3, -0.25) is 9.59 Å². The Morgan fingerprint density at radius 3 is 2.60 bits per heavy atom. The molecule has 0 spiro atoms. The summed E-state index contributed by atoms with van der Waals surface area (Å²) in [6.45, 7) is 7.34. The molecule has 3 heterocycles. The topological polar surface area (TPSA) is 92.2 Å². The number of carboxylic acids is 1. The fourth-order valence-electron chi connectivity index (χ4n) is 6.83. The van der Waals surface area contributed by atoms with Crippen molar-refractivity contribution in [3.63, 3.8) is 0 Å². The average molecular weight is 590 g/mol. The number of aliphatic carboxylic acids is 1. The molecule has 1 amide bonds. The number of nitrogens with zero attached hydrogens (tertiary/aromatic N) is 3. The molecule has 8 nitrogen and oxygen atoms in total. The summed E-state index contributed by atoms with van der Waals surface area (Å²) in [6, 6.07) is 11.9. The summed E-state index contributed by atoms with van der Waals surface area (Å²) in [5.74, 6) is 0.276. The molecule has 2 unspecified atom stereocenters. The van der Waals surface area contributed by atoms with Gasteiger partial charge in [0, 0.05) is 49.8 Å². The van der Waals surface area contributed by atoms with Crippen LogP contribution in [0.2, 0.25) is 0 Å². The molecule has 3 aromatic rings. The number of thiazole rings is 1. The van der Waals surface area contributed by atoms with E-state index in [9.17, 15) is 14.7 Å². The summed E-state index contributed by atoms with van der Waals surface area (Å²) in [4.78, 5) is 33.8. The first-order valence-corrected chi connectivity index (χ1v) is 15.8. The van der Waals surface area contributed by atoms with Gasteiger partial charge in [-0.1, -0.05) is 17.7 Å². The van der Waals surface area contributed by atoms with Crippen molar-refractivity contribution in [3.8, 4) is 17.0 Å². The Balaban J connectivity index is 1.13. The summed E-state index contributed by atoms with van der Waals surface area (Å²) < 4.78 is 12.1. The summed E-state index contributed by atoms with van der Waals surface area (Å²) >= 11 is 1.61. The van der Waals surface area contributed by atoms with E-state index in [4.69, 9.17) is 14.5 Å². The van der Waals surface area contributed by atoms with Crippen molar-refractivity contribution in [1.29, 1.82) is 0 Å².